The number of epoxide rings is 1. The smallest absolute Gasteiger partial charge is 0.190 e. The lowest BCUT2D eigenvalue weighted by atomic mass is 9.97. The van der Waals surface area contributed by atoms with Crippen LogP contribution in [0.15, 0.2) is 54.6 Å². The minimum absolute atomic E-state index is 0.130. The molecule has 2 atom stereocenters. The van der Waals surface area contributed by atoms with E-state index in [1.807, 2.05) is 41.3 Å². The molecule has 10 heteroatoms. The molecule has 2 aliphatic rings. The highest BCUT2D eigenvalue weighted by Gasteiger charge is 2.44. The van der Waals surface area contributed by atoms with E-state index in [0.717, 1.165) is 104 Å². The summed E-state index contributed by atoms with van der Waals surface area (Å²) >= 11 is 8.98. The molecule has 8 bridgehead atoms. The molecule has 8 nitrogen and oxygen atoms in total. The van der Waals surface area contributed by atoms with Gasteiger partial charge in [0.15, 0.2) is 12.4 Å². The third-order valence-corrected chi connectivity index (χ3v) is 11.2. The SMILES string of the molecule is COC1OC1c1c(C)c2c3c(Cl)ccc2n1CCCOc1cc(cc2ccccc12)CCc1cc(nn1C)CSCc1nn(C)c(C)c1-3. The highest BCUT2D eigenvalue weighted by Crippen LogP contribution is 2.48. The summed E-state index contributed by atoms with van der Waals surface area (Å²) in [6.45, 7) is 5.67. The zero-order valence-corrected chi connectivity index (χ0v) is 29.6. The summed E-state index contributed by atoms with van der Waals surface area (Å²) in [5.41, 5.74) is 11.3. The van der Waals surface area contributed by atoms with Gasteiger partial charge >= 0.3 is 0 Å². The first-order valence-corrected chi connectivity index (χ1v) is 18.1. The summed E-state index contributed by atoms with van der Waals surface area (Å²) in [6, 6.07) is 19.4. The summed E-state index contributed by atoms with van der Waals surface area (Å²) in [6.07, 6.45) is 2.25. The van der Waals surface area contributed by atoms with Crippen molar-refractivity contribution >= 4 is 45.0 Å². The van der Waals surface area contributed by atoms with Gasteiger partial charge in [0.05, 0.1) is 23.7 Å². The van der Waals surface area contributed by atoms with E-state index >= 15 is 0 Å². The second-order valence-corrected chi connectivity index (χ2v) is 14.3. The van der Waals surface area contributed by atoms with Crippen LogP contribution in [0.1, 0.15) is 52.1 Å². The Morgan fingerprint density at radius 3 is 2.65 bits per heavy atom. The number of nitrogens with zero attached hydrogens (tertiary/aromatic N) is 5. The van der Waals surface area contributed by atoms with Crippen molar-refractivity contribution in [3.8, 4) is 16.9 Å². The van der Waals surface area contributed by atoms with Crippen LogP contribution < -0.4 is 4.74 Å². The van der Waals surface area contributed by atoms with Crippen LogP contribution in [-0.2, 0) is 54.5 Å². The van der Waals surface area contributed by atoms with E-state index in [-0.39, 0.29) is 12.4 Å². The molecule has 3 aromatic carbocycles. The van der Waals surface area contributed by atoms with E-state index in [2.05, 4.69) is 66.9 Å². The minimum atomic E-state index is -0.256. The predicted molar refractivity (Wildman–Crippen MR) is 193 cm³/mol. The van der Waals surface area contributed by atoms with Crippen LogP contribution in [0.25, 0.3) is 32.8 Å². The normalized spacial score (nSPS) is 18.5. The maximum atomic E-state index is 7.15. The molecule has 1 fully saturated rings. The van der Waals surface area contributed by atoms with Crippen molar-refractivity contribution in [2.45, 2.75) is 63.6 Å². The second kappa shape index (κ2) is 12.6. The molecular formula is C38H40ClN5O3S. The fourth-order valence-corrected chi connectivity index (χ4v) is 8.56. The topological polar surface area (TPSA) is 71.6 Å². The molecule has 1 saturated heterocycles. The first-order valence-electron chi connectivity index (χ1n) is 16.6. The standard InChI is InChI=1S/C38H40ClN5O3S/c1-22-33-31-14-13-29(39)35(33)34-23(2)42(3)41-30(34)21-48-20-26-19-27(43(4)40-26)12-11-24-17-25-9-6-7-10-28(25)32(18-24)46-16-8-15-44(31)36(22)37-38(45-5)47-37/h6-7,9-10,13-14,17-19,37-38H,8,11-12,15-16,20-21H2,1-5H3. The number of thioether (sulfide) groups is 1. The van der Waals surface area contributed by atoms with Crippen molar-refractivity contribution in [1.82, 2.24) is 24.1 Å². The summed E-state index contributed by atoms with van der Waals surface area (Å²) in [4.78, 5) is 0. The van der Waals surface area contributed by atoms with Gasteiger partial charge in [-0.1, -0.05) is 41.9 Å². The fraction of sp³-hybridized carbons (Fsp3) is 0.368. The van der Waals surface area contributed by atoms with Crippen LogP contribution in [-0.4, -0.2) is 44.1 Å². The molecule has 0 amide bonds. The van der Waals surface area contributed by atoms with Gasteiger partial charge in [0, 0.05) is 83.1 Å². The number of hydrogen-bond acceptors (Lipinski definition) is 6. The maximum Gasteiger partial charge on any atom is 0.190 e. The first kappa shape index (κ1) is 31.5. The van der Waals surface area contributed by atoms with Crippen molar-refractivity contribution in [3.63, 3.8) is 0 Å². The monoisotopic (exact) mass is 681 g/mol. The van der Waals surface area contributed by atoms with Crippen molar-refractivity contribution in [2.24, 2.45) is 14.1 Å². The van der Waals surface area contributed by atoms with Crippen molar-refractivity contribution in [2.75, 3.05) is 13.7 Å². The van der Waals surface area contributed by atoms with Gasteiger partial charge in [0.25, 0.3) is 0 Å². The molecule has 2 unspecified atom stereocenters. The molecule has 0 aliphatic carbocycles. The lowest BCUT2D eigenvalue weighted by Crippen LogP contribution is -2.09. The molecule has 5 heterocycles. The van der Waals surface area contributed by atoms with Crippen LogP contribution in [0.2, 0.25) is 5.02 Å². The number of aromatic nitrogens is 5. The molecule has 0 radical (unpaired) electrons. The van der Waals surface area contributed by atoms with E-state index in [9.17, 15) is 0 Å². The van der Waals surface area contributed by atoms with Crippen molar-refractivity contribution < 1.29 is 14.2 Å². The third-order valence-electron chi connectivity index (χ3n) is 9.94. The van der Waals surface area contributed by atoms with Crippen molar-refractivity contribution in [1.29, 1.82) is 0 Å². The highest BCUT2D eigenvalue weighted by molar-refractivity contribution is 7.97. The Balaban J connectivity index is 1.26. The Morgan fingerprint density at radius 1 is 0.958 bits per heavy atom. The Kier molecular flexibility index (Phi) is 8.27. The Hall–Kier alpha value is -3.76. The molecule has 0 saturated carbocycles. The van der Waals surface area contributed by atoms with E-state index in [0.29, 0.717) is 6.61 Å². The number of hydrogen-bond donors (Lipinski definition) is 0. The predicted octanol–water partition coefficient (Wildman–Crippen LogP) is 8.24. The molecule has 0 N–H and O–H groups in total. The summed E-state index contributed by atoms with van der Waals surface area (Å²) < 4.78 is 24.7. The maximum absolute atomic E-state index is 7.15. The summed E-state index contributed by atoms with van der Waals surface area (Å²) in [5.74, 6) is 2.48. The van der Waals surface area contributed by atoms with E-state index in [1.54, 1.807) is 7.11 Å². The van der Waals surface area contributed by atoms with Gasteiger partial charge < -0.3 is 18.8 Å². The van der Waals surface area contributed by atoms with Gasteiger partial charge in [0.2, 0.25) is 0 Å². The van der Waals surface area contributed by atoms with Gasteiger partial charge in [-0.25, -0.2) is 0 Å². The van der Waals surface area contributed by atoms with Crippen LogP contribution in [0.5, 0.6) is 5.75 Å². The molecule has 248 valence electrons. The van der Waals surface area contributed by atoms with Gasteiger partial charge in [-0.15, -0.1) is 11.8 Å². The largest absolute Gasteiger partial charge is 0.493 e. The average molecular weight is 682 g/mol. The number of rotatable bonds is 2. The Bertz CT molecular complexity index is 2180. The molecule has 3 aromatic heterocycles. The molecular weight excluding hydrogens is 642 g/mol. The van der Waals surface area contributed by atoms with Crippen LogP contribution in [0, 0.1) is 13.8 Å². The zero-order chi connectivity index (χ0) is 33.1. The number of methoxy groups -OCH3 is 1. The summed E-state index contributed by atoms with van der Waals surface area (Å²) in [5, 5.41) is 14.1. The zero-order valence-electron chi connectivity index (χ0n) is 28.0. The number of fused-ring (bicyclic) bond motifs is 8. The van der Waals surface area contributed by atoms with Gasteiger partial charge in [-0.3, -0.25) is 9.36 Å². The molecule has 48 heavy (non-hydrogen) atoms. The van der Waals surface area contributed by atoms with Crippen molar-refractivity contribution in [3.05, 3.63) is 99.2 Å². The van der Waals surface area contributed by atoms with Gasteiger partial charge in [-0.05, 0) is 73.9 Å². The Labute approximate surface area is 289 Å². The van der Waals surface area contributed by atoms with Crippen LogP contribution in [0.4, 0.5) is 0 Å². The molecule has 6 aromatic rings. The lowest BCUT2D eigenvalue weighted by Gasteiger charge is -2.14. The van der Waals surface area contributed by atoms with Crippen LogP contribution >= 0.6 is 23.4 Å². The van der Waals surface area contributed by atoms with E-state index < -0.39 is 0 Å². The number of ether oxygens (including phenoxy) is 3. The highest BCUT2D eigenvalue weighted by atomic mass is 35.5. The Morgan fingerprint density at radius 2 is 1.81 bits per heavy atom. The third kappa shape index (κ3) is 5.50. The minimum Gasteiger partial charge on any atom is -0.493 e. The first-order chi connectivity index (χ1) is 23.3. The lowest BCUT2D eigenvalue weighted by molar-refractivity contribution is 0.0950. The molecule has 2 aliphatic heterocycles. The molecule has 0 spiro atoms. The van der Waals surface area contributed by atoms with Gasteiger partial charge in [-0.2, -0.15) is 10.2 Å². The van der Waals surface area contributed by atoms with E-state index in [1.165, 1.54) is 16.6 Å². The van der Waals surface area contributed by atoms with Gasteiger partial charge in [0.1, 0.15) is 5.75 Å². The quantitative estimate of drug-likeness (QED) is 0.172. The van der Waals surface area contributed by atoms with Crippen LogP contribution in [0.3, 0.4) is 0 Å². The average Bonchev–Trinajstić information content (AvgIpc) is 3.58. The van der Waals surface area contributed by atoms with E-state index in [4.69, 9.17) is 36.0 Å². The fourth-order valence-electron chi connectivity index (χ4n) is 7.46. The second-order valence-electron chi connectivity index (χ2n) is 12.9. The number of benzene rings is 3. The molecule has 8 rings (SSSR count). The number of aryl methyl sites for hydroxylation is 6. The summed E-state index contributed by atoms with van der Waals surface area (Å²) in [7, 11) is 5.76. The number of halogens is 1.